The van der Waals surface area contributed by atoms with Gasteiger partial charge in [-0.05, 0) is 12.1 Å². The third-order valence-corrected chi connectivity index (χ3v) is 2.44. The van der Waals surface area contributed by atoms with Crippen molar-refractivity contribution >= 4 is 0 Å². The predicted octanol–water partition coefficient (Wildman–Crippen LogP) is 0.535. The molecular weight excluding hydrogens is 223 g/mol. The molecule has 0 aliphatic rings. The molecule has 1 aromatic heterocycles. The lowest BCUT2D eigenvalue weighted by molar-refractivity contribution is 0.268. The molecule has 2 aromatic rings. The molecule has 0 aliphatic carbocycles. The molecule has 1 aromatic carbocycles. The Labute approximate surface area is 97.7 Å². The van der Waals surface area contributed by atoms with Gasteiger partial charge in [0.15, 0.2) is 0 Å². The lowest BCUT2D eigenvalue weighted by Gasteiger charge is -2.07. The second-order valence-electron chi connectivity index (χ2n) is 3.52. The van der Waals surface area contributed by atoms with Crippen LogP contribution in [0.4, 0.5) is 4.39 Å². The van der Waals surface area contributed by atoms with E-state index in [0.29, 0.717) is 17.0 Å². The molecule has 90 valence electrons. The summed E-state index contributed by atoms with van der Waals surface area (Å²) in [4.78, 5) is 0. The Bertz CT molecular complexity index is 512. The summed E-state index contributed by atoms with van der Waals surface area (Å²) in [5.41, 5.74) is 6.99. The van der Waals surface area contributed by atoms with E-state index < -0.39 is 0 Å². The first-order valence-electron chi connectivity index (χ1n) is 5.26. The fourth-order valence-electron chi connectivity index (χ4n) is 1.69. The maximum absolute atomic E-state index is 13.7. The van der Waals surface area contributed by atoms with Crippen LogP contribution in [0.1, 0.15) is 5.69 Å². The van der Waals surface area contributed by atoms with Crippen molar-refractivity contribution in [2.45, 2.75) is 13.1 Å². The first-order chi connectivity index (χ1) is 8.27. The summed E-state index contributed by atoms with van der Waals surface area (Å²) in [5, 5.41) is 16.7. The van der Waals surface area contributed by atoms with Gasteiger partial charge < -0.3 is 10.8 Å². The number of nitrogens with two attached hydrogens (primary N) is 1. The normalized spacial score (nSPS) is 10.8. The summed E-state index contributed by atoms with van der Waals surface area (Å²) in [6, 6.07) is 6.35. The lowest BCUT2D eigenvalue weighted by Crippen LogP contribution is -2.08. The number of benzene rings is 1. The smallest absolute Gasteiger partial charge is 0.132 e. The number of nitrogens with zero attached hydrogens (tertiary/aromatic N) is 3. The molecule has 0 radical (unpaired) electrons. The molecule has 2 rings (SSSR count). The Balaban J connectivity index is 2.56. The summed E-state index contributed by atoms with van der Waals surface area (Å²) in [5.74, 6) is -0.358. The molecule has 0 fully saturated rings. The summed E-state index contributed by atoms with van der Waals surface area (Å²) < 4.78 is 15.2. The third-order valence-electron chi connectivity index (χ3n) is 2.44. The molecule has 3 N–H and O–H groups in total. The van der Waals surface area contributed by atoms with E-state index in [1.807, 2.05) is 0 Å². The number of hydrogen-bond acceptors (Lipinski definition) is 4. The Morgan fingerprint density at radius 3 is 2.76 bits per heavy atom. The number of halogens is 1. The quantitative estimate of drug-likeness (QED) is 0.812. The molecule has 0 saturated heterocycles. The second kappa shape index (κ2) is 5.03. The number of rotatable bonds is 4. The predicted molar refractivity (Wildman–Crippen MR) is 60.4 cm³/mol. The van der Waals surface area contributed by atoms with Gasteiger partial charge in [0.2, 0.25) is 0 Å². The molecule has 0 unspecified atom stereocenters. The van der Waals surface area contributed by atoms with Gasteiger partial charge in [-0.3, -0.25) is 0 Å². The average Bonchev–Trinajstić information content (AvgIpc) is 2.73. The molecule has 5 nitrogen and oxygen atoms in total. The third kappa shape index (κ3) is 2.17. The van der Waals surface area contributed by atoms with Crippen molar-refractivity contribution in [2.75, 3.05) is 6.61 Å². The standard InChI is InChI=1S/C11H13FN4O/c12-9-4-2-1-3-8(9)11-10(7-13)14-15-16(11)5-6-17/h1-4,17H,5-7,13H2. The van der Waals surface area contributed by atoms with Crippen LogP contribution in [-0.2, 0) is 13.1 Å². The molecular formula is C11H13FN4O. The highest BCUT2D eigenvalue weighted by Gasteiger charge is 2.16. The molecule has 0 bridgehead atoms. The van der Waals surface area contributed by atoms with Gasteiger partial charge in [-0.1, -0.05) is 17.3 Å². The largest absolute Gasteiger partial charge is 0.394 e. The molecule has 0 saturated carbocycles. The zero-order chi connectivity index (χ0) is 12.3. The Morgan fingerprint density at radius 1 is 1.35 bits per heavy atom. The molecule has 6 heteroatoms. The topological polar surface area (TPSA) is 77.0 Å². The van der Waals surface area contributed by atoms with E-state index in [-0.39, 0.29) is 25.5 Å². The molecule has 1 heterocycles. The van der Waals surface area contributed by atoms with Gasteiger partial charge in [0.05, 0.1) is 18.8 Å². The van der Waals surface area contributed by atoms with Gasteiger partial charge in [0.25, 0.3) is 0 Å². The van der Waals surface area contributed by atoms with E-state index in [4.69, 9.17) is 10.8 Å². The first kappa shape index (κ1) is 11.7. The SMILES string of the molecule is NCc1nnn(CCO)c1-c1ccccc1F. The number of hydrogen-bond donors (Lipinski definition) is 2. The van der Waals surface area contributed by atoms with Crippen LogP contribution >= 0.6 is 0 Å². The van der Waals surface area contributed by atoms with E-state index in [9.17, 15) is 4.39 Å². The Hall–Kier alpha value is -1.79. The minimum atomic E-state index is -0.358. The molecule has 0 atom stereocenters. The van der Waals surface area contributed by atoms with Crippen molar-refractivity contribution in [1.29, 1.82) is 0 Å². The number of aromatic nitrogens is 3. The summed E-state index contributed by atoms with van der Waals surface area (Å²) in [6.45, 7) is 0.348. The van der Waals surface area contributed by atoms with Crippen molar-refractivity contribution in [3.05, 3.63) is 35.8 Å². The highest BCUT2D eigenvalue weighted by Crippen LogP contribution is 2.24. The van der Waals surface area contributed by atoms with Crippen molar-refractivity contribution in [2.24, 2.45) is 5.73 Å². The van der Waals surface area contributed by atoms with Crippen LogP contribution in [0.25, 0.3) is 11.3 Å². The second-order valence-corrected chi connectivity index (χ2v) is 3.52. The zero-order valence-electron chi connectivity index (χ0n) is 9.17. The average molecular weight is 236 g/mol. The minimum Gasteiger partial charge on any atom is -0.394 e. The van der Waals surface area contributed by atoms with Crippen molar-refractivity contribution in [3.63, 3.8) is 0 Å². The Morgan fingerprint density at radius 2 is 2.12 bits per heavy atom. The van der Waals surface area contributed by atoms with Crippen molar-refractivity contribution < 1.29 is 9.50 Å². The monoisotopic (exact) mass is 236 g/mol. The zero-order valence-corrected chi connectivity index (χ0v) is 9.17. The highest BCUT2D eigenvalue weighted by molar-refractivity contribution is 5.62. The van der Waals surface area contributed by atoms with Gasteiger partial charge in [0.1, 0.15) is 11.5 Å². The van der Waals surface area contributed by atoms with Crippen LogP contribution in [0.3, 0.4) is 0 Å². The summed E-state index contributed by atoms with van der Waals surface area (Å²) >= 11 is 0. The fourth-order valence-corrected chi connectivity index (χ4v) is 1.69. The van der Waals surface area contributed by atoms with Crippen LogP contribution in [0.15, 0.2) is 24.3 Å². The highest BCUT2D eigenvalue weighted by atomic mass is 19.1. The van der Waals surface area contributed by atoms with Crippen LogP contribution in [0.5, 0.6) is 0 Å². The van der Waals surface area contributed by atoms with Gasteiger partial charge in [-0.25, -0.2) is 9.07 Å². The number of aliphatic hydroxyl groups is 1. The van der Waals surface area contributed by atoms with E-state index in [1.54, 1.807) is 18.2 Å². The maximum Gasteiger partial charge on any atom is 0.132 e. The number of aliphatic hydroxyl groups excluding tert-OH is 1. The summed E-state index contributed by atoms with van der Waals surface area (Å²) in [7, 11) is 0. The molecule has 0 spiro atoms. The van der Waals surface area contributed by atoms with E-state index in [0.717, 1.165) is 0 Å². The van der Waals surface area contributed by atoms with Gasteiger partial charge >= 0.3 is 0 Å². The van der Waals surface area contributed by atoms with E-state index >= 15 is 0 Å². The van der Waals surface area contributed by atoms with E-state index in [2.05, 4.69) is 10.3 Å². The van der Waals surface area contributed by atoms with Crippen molar-refractivity contribution in [3.8, 4) is 11.3 Å². The summed E-state index contributed by atoms with van der Waals surface area (Å²) in [6.07, 6.45) is 0. The van der Waals surface area contributed by atoms with Crippen LogP contribution < -0.4 is 5.73 Å². The van der Waals surface area contributed by atoms with Crippen LogP contribution in [-0.4, -0.2) is 26.7 Å². The minimum absolute atomic E-state index is 0.0885. The Kier molecular flexibility index (Phi) is 3.46. The van der Waals surface area contributed by atoms with E-state index in [1.165, 1.54) is 10.7 Å². The maximum atomic E-state index is 13.7. The van der Waals surface area contributed by atoms with Crippen LogP contribution in [0, 0.1) is 5.82 Å². The molecule has 0 amide bonds. The van der Waals surface area contributed by atoms with Crippen molar-refractivity contribution in [1.82, 2.24) is 15.0 Å². The first-order valence-corrected chi connectivity index (χ1v) is 5.26. The molecule has 0 aliphatic heterocycles. The van der Waals surface area contributed by atoms with Gasteiger partial charge in [0, 0.05) is 12.1 Å². The van der Waals surface area contributed by atoms with Gasteiger partial charge in [-0.2, -0.15) is 0 Å². The lowest BCUT2D eigenvalue weighted by atomic mass is 10.1. The molecule has 17 heavy (non-hydrogen) atoms. The van der Waals surface area contributed by atoms with Gasteiger partial charge in [-0.15, -0.1) is 5.10 Å². The fraction of sp³-hybridized carbons (Fsp3) is 0.273. The van der Waals surface area contributed by atoms with Crippen LogP contribution in [0.2, 0.25) is 0 Å².